The van der Waals surface area contributed by atoms with Gasteiger partial charge in [0.15, 0.2) is 18.1 Å². The summed E-state index contributed by atoms with van der Waals surface area (Å²) in [4.78, 5) is 37.3. The lowest BCUT2D eigenvalue weighted by Gasteiger charge is -2.31. The standard InChI is InChI=1S/C26H31N3O6/c1-14(2)23-22(25(31)34-6)24(29-26(32)28-23)17-8-10-19(20(12-17)33-5)35-13-21(30)27-18-9-7-15(3)11-16(18)4/h7-12,14,24H,13H2,1-6H3,(H,27,30)(H2,28,29,32). The van der Waals surface area contributed by atoms with E-state index >= 15 is 0 Å². The molecule has 0 aromatic heterocycles. The highest BCUT2D eigenvalue weighted by Gasteiger charge is 2.34. The quantitative estimate of drug-likeness (QED) is 0.495. The molecule has 0 bridgehead atoms. The maximum atomic E-state index is 12.6. The molecular weight excluding hydrogens is 450 g/mol. The number of ether oxygens (including phenoxy) is 3. The van der Waals surface area contributed by atoms with Crippen molar-refractivity contribution in [1.82, 2.24) is 10.6 Å². The van der Waals surface area contributed by atoms with Gasteiger partial charge in [0, 0.05) is 11.4 Å². The zero-order valence-electron chi connectivity index (χ0n) is 20.8. The van der Waals surface area contributed by atoms with Crippen LogP contribution in [-0.2, 0) is 14.3 Å². The molecule has 1 aliphatic rings. The first kappa shape index (κ1) is 25.6. The molecular formula is C26H31N3O6. The van der Waals surface area contributed by atoms with Crippen LogP contribution in [0.25, 0.3) is 0 Å². The van der Waals surface area contributed by atoms with Crippen molar-refractivity contribution < 1.29 is 28.6 Å². The van der Waals surface area contributed by atoms with Gasteiger partial charge in [-0.3, -0.25) is 4.79 Å². The highest BCUT2D eigenvalue weighted by molar-refractivity contribution is 5.95. The second-order valence-corrected chi connectivity index (χ2v) is 8.57. The van der Waals surface area contributed by atoms with Gasteiger partial charge in [0.2, 0.25) is 0 Å². The zero-order valence-corrected chi connectivity index (χ0v) is 20.8. The summed E-state index contributed by atoms with van der Waals surface area (Å²) in [6.45, 7) is 7.44. The molecule has 0 radical (unpaired) electrons. The molecule has 1 aliphatic heterocycles. The molecule has 0 spiro atoms. The number of benzene rings is 2. The van der Waals surface area contributed by atoms with Crippen LogP contribution >= 0.6 is 0 Å². The van der Waals surface area contributed by atoms with Crippen LogP contribution in [-0.4, -0.2) is 38.7 Å². The zero-order chi connectivity index (χ0) is 25.7. The first-order valence-electron chi connectivity index (χ1n) is 11.2. The average molecular weight is 482 g/mol. The van der Waals surface area contributed by atoms with Crippen LogP contribution in [0, 0.1) is 19.8 Å². The molecule has 2 aromatic rings. The molecule has 1 atom stereocenters. The fraction of sp³-hybridized carbons (Fsp3) is 0.346. The third-order valence-corrected chi connectivity index (χ3v) is 5.62. The number of urea groups is 1. The molecule has 3 rings (SSSR count). The van der Waals surface area contributed by atoms with Gasteiger partial charge in [-0.1, -0.05) is 37.6 Å². The van der Waals surface area contributed by atoms with Gasteiger partial charge < -0.3 is 30.2 Å². The van der Waals surface area contributed by atoms with Crippen molar-refractivity contribution >= 4 is 23.6 Å². The van der Waals surface area contributed by atoms with Gasteiger partial charge in [0.1, 0.15) is 0 Å². The van der Waals surface area contributed by atoms with E-state index in [4.69, 9.17) is 14.2 Å². The van der Waals surface area contributed by atoms with Gasteiger partial charge in [-0.15, -0.1) is 0 Å². The van der Waals surface area contributed by atoms with Crippen molar-refractivity contribution in [2.24, 2.45) is 5.92 Å². The lowest BCUT2D eigenvalue weighted by Crippen LogP contribution is -2.47. The number of carbonyl (C=O) groups is 3. The Balaban J connectivity index is 1.82. The van der Waals surface area contributed by atoms with Crippen LogP contribution in [0.2, 0.25) is 0 Å². The van der Waals surface area contributed by atoms with Gasteiger partial charge in [-0.25, -0.2) is 9.59 Å². The largest absolute Gasteiger partial charge is 0.493 e. The molecule has 9 heteroatoms. The van der Waals surface area contributed by atoms with E-state index < -0.39 is 18.0 Å². The topological polar surface area (TPSA) is 115 Å². The van der Waals surface area contributed by atoms with Crippen LogP contribution in [0.5, 0.6) is 11.5 Å². The van der Waals surface area contributed by atoms with Crippen molar-refractivity contribution in [1.29, 1.82) is 0 Å². The summed E-state index contributed by atoms with van der Waals surface area (Å²) in [6, 6.07) is 9.59. The Morgan fingerprint density at radius 1 is 1.06 bits per heavy atom. The number of amides is 3. The summed E-state index contributed by atoms with van der Waals surface area (Å²) in [5.41, 5.74) is 4.19. The van der Waals surface area contributed by atoms with Gasteiger partial charge in [-0.2, -0.15) is 0 Å². The Hall–Kier alpha value is -4.01. The maximum Gasteiger partial charge on any atom is 0.337 e. The van der Waals surface area contributed by atoms with Crippen LogP contribution < -0.4 is 25.4 Å². The first-order chi connectivity index (χ1) is 16.6. The summed E-state index contributed by atoms with van der Waals surface area (Å²) in [6.07, 6.45) is 0. The Bertz CT molecular complexity index is 1170. The number of allylic oxidation sites excluding steroid dienone is 1. The number of nitrogens with one attached hydrogen (secondary N) is 3. The Morgan fingerprint density at radius 2 is 1.80 bits per heavy atom. The highest BCUT2D eigenvalue weighted by atomic mass is 16.5. The number of anilines is 1. The molecule has 0 fully saturated rings. The van der Waals surface area contributed by atoms with E-state index in [-0.39, 0.29) is 18.4 Å². The summed E-state index contributed by atoms with van der Waals surface area (Å²) >= 11 is 0. The van der Waals surface area contributed by atoms with Crippen molar-refractivity contribution in [3.05, 3.63) is 64.4 Å². The molecule has 35 heavy (non-hydrogen) atoms. The van der Waals surface area contributed by atoms with E-state index in [2.05, 4.69) is 16.0 Å². The van der Waals surface area contributed by atoms with Gasteiger partial charge in [-0.05, 0) is 49.1 Å². The second-order valence-electron chi connectivity index (χ2n) is 8.57. The maximum absolute atomic E-state index is 12.6. The SMILES string of the molecule is COC(=O)C1=C(C(C)C)NC(=O)NC1c1ccc(OCC(=O)Nc2ccc(C)cc2C)c(OC)c1. The molecule has 3 amide bonds. The van der Waals surface area contributed by atoms with Crippen molar-refractivity contribution in [3.8, 4) is 11.5 Å². The number of methoxy groups -OCH3 is 2. The van der Waals surface area contributed by atoms with Crippen LogP contribution in [0.3, 0.4) is 0 Å². The van der Waals surface area contributed by atoms with E-state index in [1.165, 1.54) is 14.2 Å². The summed E-state index contributed by atoms with van der Waals surface area (Å²) in [7, 11) is 2.76. The van der Waals surface area contributed by atoms with E-state index in [1.807, 2.05) is 45.9 Å². The molecule has 1 heterocycles. The molecule has 0 saturated heterocycles. The predicted octanol–water partition coefficient (Wildman–Crippen LogP) is 3.77. The van der Waals surface area contributed by atoms with E-state index in [0.717, 1.165) is 16.8 Å². The predicted molar refractivity (Wildman–Crippen MR) is 131 cm³/mol. The second kappa shape index (κ2) is 10.9. The average Bonchev–Trinajstić information content (AvgIpc) is 2.83. The molecule has 9 nitrogen and oxygen atoms in total. The first-order valence-corrected chi connectivity index (χ1v) is 11.2. The summed E-state index contributed by atoms with van der Waals surface area (Å²) in [5, 5.41) is 8.32. The Morgan fingerprint density at radius 3 is 2.43 bits per heavy atom. The third-order valence-electron chi connectivity index (χ3n) is 5.62. The third kappa shape index (κ3) is 5.92. The number of carbonyl (C=O) groups excluding carboxylic acids is 3. The normalized spacial score (nSPS) is 15.3. The molecule has 0 aliphatic carbocycles. The molecule has 1 unspecified atom stereocenters. The number of hydrogen-bond acceptors (Lipinski definition) is 6. The summed E-state index contributed by atoms with van der Waals surface area (Å²) in [5.74, 6) is -0.275. The number of esters is 1. The molecule has 2 aromatic carbocycles. The molecule has 3 N–H and O–H groups in total. The van der Waals surface area contributed by atoms with Gasteiger partial charge in [0.25, 0.3) is 5.91 Å². The number of rotatable bonds is 8. The van der Waals surface area contributed by atoms with Crippen LogP contribution in [0.1, 0.15) is 36.6 Å². The molecule has 186 valence electrons. The van der Waals surface area contributed by atoms with Crippen LogP contribution in [0.4, 0.5) is 10.5 Å². The fourth-order valence-electron chi connectivity index (χ4n) is 3.89. The Kier molecular flexibility index (Phi) is 8.01. The minimum atomic E-state index is -0.746. The summed E-state index contributed by atoms with van der Waals surface area (Å²) < 4.78 is 16.1. The van der Waals surface area contributed by atoms with Gasteiger partial charge >= 0.3 is 12.0 Å². The van der Waals surface area contributed by atoms with E-state index in [1.54, 1.807) is 18.2 Å². The van der Waals surface area contributed by atoms with Gasteiger partial charge in [0.05, 0.1) is 25.8 Å². The lowest BCUT2D eigenvalue weighted by atomic mass is 9.91. The number of aryl methyl sites for hydroxylation is 2. The fourth-order valence-corrected chi connectivity index (χ4v) is 3.89. The van der Waals surface area contributed by atoms with E-state index in [9.17, 15) is 14.4 Å². The highest BCUT2D eigenvalue weighted by Crippen LogP contribution is 2.35. The minimum Gasteiger partial charge on any atom is -0.493 e. The van der Waals surface area contributed by atoms with Crippen molar-refractivity contribution in [2.45, 2.75) is 33.7 Å². The van der Waals surface area contributed by atoms with E-state index in [0.29, 0.717) is 28.3 Å². The molecule has 0 saturated carbocycles. The smallest absolute Gasteiger partial charge is 0.337 e. The minimum absolute atomic E-state index is 0.113. The lowest BCUT2D eigenvalue weighted by molar-refractivity contribution is -0.136. The van der Waals surface area contributed by atoms with Crippen LogP contribution in [0.15, 0.2) is 47.7 Å². The van der Waals surface area contributed by atoms with Crippen molar-refractivity contribution in [3.63, 3.8) is 0 Å². The van der Waals surface area contributed by atoms with Crippen molar-refractivity contribution in [2.75, 3.05) is 26.1 Å². The monoisotopic (exact) mass is 481 g/mol. The number of hydrogen-bond donors (Lipinski definition) is 3. The Labute approximate surface area is 204 Å².